The number of carbonyl (C=O) groups is 2. The van der Waals surface area contributed by atoms with E-state index in [9.17, 15) is 9.59 Å². The molecule has 1 amide bonds. The van der Waals surface area contributed by atoms with E-state index in [2.05, 4.69) is 0 Å². The highest BCUT2D eigenvalue weighted by atomic mass is 35.5. The SMILES string of the molecule is CN(CCOc1ccc(Cl)cc1)C(=O)COC(=O)/C=C/c1ccc2c(c1)OCO2. The lowest BCUT2D eigenvalue weighted by molar-refractivity contribution is -0.147. The normalized spacial score (nSPS) is 12.1. The lowest BCUT2D eigenvalue weighted by Gasteiger charge is -2.17. The smallest absolute Gasteiger partial charge is 0.331 e. The van der Waals surface area contributed by atoms with Crippen LogP contribution >= 0.6 is 11.6 Å². The van der Waals surface area contributed by atoms with Gasteiger partial charge in [0.2, 0.25) is 6.79 Å². The topological polar surface area (TPSA) is 74.3 Å². The molecular formula is C21H20ClNO6. The van der Waals surface area contributed by atoms with E-state index < -0.39 is 5.97 Å². The zero-order chi connectivity index (χ0) is 20.6. The second-order valence-corrected chi connectivity index (χ2v) is 6.61. The Kier molecular flexibility index (Phi) is 6.97. The van der Waals surface area contributed by atoms with Gasteiger partial charge in [0.15, 0.2) is 18.1 Å². The highest BCUT2D eigenvalue weighted by Crippen LogP contribution is 2.32. The number of hydrogen-bond acceptors (Lipinski definition) is 6. The van der Waals surface area contributed by atoms with Crippen molar-refractivity contribution < 1.29 is 28.5 Å². The minimum Gasteiger partial charge on any atom is -0.492 e. The summed E-state index contributed by atoms with van der Waals surface area (Å²) in [6.45, 7) is 0.501. The van der Waals surface area contributed by atoms with Crippen LogP contribution in [0.2, 0.25) is 5.02 Å². The molecule has 152 valence electrons. The summed E-state index contributed by atoms with van der Waals surface area (Å²) in [5, 5.41) is 0.624. The van der Waals surface area contributed by atoms with Gasteiger partial charge in [-0.05, 0) is 48.0 Å². The molecule has 0 saturated heterocycles. The molecule has 7 nitrogen and oxygen atoms in total. The third-order valence-corrected chi connectivity index (χ3v) is 4.33. The first kappa shape index (κ1) is 20.5. The molecule has 2 aromatic rings. The number of likely N-dealkylation sites (N-methyl/N-ethyl adjacent to an activating group) is 1. The first-order valence-corrected chi connectivity index (χ1v) is 9.26. The summed E-state index contributed by atoms with van der Waals surface area (Å²) in [7, 11) is 1.61. The molecule has 0 aliphatic carbocycles. The van der Waals surface area contributed by atoms with Gasteiger partial charge in [-0.3, -0.25) is 4.79 Å². The second kappa shape index (κ2) is 9.84. The van der Waals surface area contributed by atoms with Gasteiger partial charge >= 0.3 is 5.97 Å². The number of fused-ring (bicyclic) bond motifs is 1. The zero-order valence-corrected chi connectivity index (χ0v) is 16.6. The molecule has 2 aromatic carbocycles. The molecule has 1 aliphatic rings. The van der Waals surface area contributed by atoms with E-state index in [1.54, 1.807) is 55.6 Å². The van der Waals surface area contributed by atoms with E-state index in [1.807, 2.05) is 0 Å². The number of benzene rings is 2. The zero-order valence-electron chi connectivity index (χ0n) is 15.8. The van der Waals surface area contributed by atoms with Gasteiger partial charge in [-0.25, -0.2) is 4.79 Å². The molecule has 1 aliphatic heterocycles. The van der Waals surface area contributed by atoms with E-state index >= 15 is 0 Å². The molecule has 0 spiro atoms. The number of ether oxygens (including phenoxy) is 4. The predicted molar refractivity (Wildman–Crippen MR) is 107 cm³/mol. The van der Waals surface area contributed by atoms with Crippen LogP contribution in [0.3, 0.4) is 0 Å². The second-order valence-electron chi connectivity index (χ2n) is 6.17. The summed E-state index contributed by atoms with van der Waals surface area (Å²) in [6, 6.07) is 12.3. The summed E-state index contributed by atoms with van der Waals surface area (Å²) in [6.07, 6.45) is 2.84. The van der Waals surface area contributed by atoms with E-state index in [-0.39, 0.29) is 19.3 Å². The van der Waals surface area contributed by atoms with Crippen molar-refractivity contribution in [3.63, 3.8) is 0 Å². The molecule has 0 N–H and O–H groups in total. The summed E-state index contributed by atoms with van der Waals surface area (Å²) >= 11 is 5.81. The van der Waals surface area contributed by atoms with Gasteiger partial charge < -0.3 is 23.8 Å². The van der Waals surface area contributed by atoms with Crippen molar-refractivity contribution in [1.29, 1.82) is 0 Å². The van der Waals surface area contributed by atoms with Crippen LogP contribution in [0.1, 0.15) is 5.56 Å². The first-order valence-electron chi connectivity index (χ1n) is 8.88. The Balaban J connectivity index is 1.37. The van der Waals surface area contributed by atoms with Crippen LogP contribution in [0.15, 0.2) is 48.5 Å². The van der Waals surface area contributed by atoms with Crippen molar-refractivity contribution >= 4 is 29.6 Å². The largest absolute Gasteiger partial charge is 0.492 e. The van der Waals surface area contributed by atoms with Gasteiger partial charge in [-0.1, -0.05) is 17.7 Å². The Hall–Kier alpha value is -3.19. The van der Waals surface area contributed by atoms with Crippen molar-refractivity contribution in [3.8, 4) is 17.2 Å². The maximum Gasteiger partial charge on any atom is 0.331 e. The standard InChI is InChI=1S/C21H20ClNO6/c1-23(10-11-26-17-6-4-16(22)5-7-17)20(24)13-27-21(25)9-3-15-2-8-18-19(12-15)29-14-28-18/h2-9,12H,10-11,13-14H2,1H3/b9-3+. The van der Waals surface area contributed by atoms with Gasteiger partial charge in [0, 0.05) is 18.1 Å². The monoisotopic (exact) mass is 417 g/mol. The molecule has 0 aromatic heterocycles. The molecule has 8 heteroatoms. The third kappa shape index (κ3) is 6.15. The summed E-state index contributed by atoms with van der Waals surface area (Å²) in [5.74, 6) is 1.02. The molecule has 0 fully saturated rings. The lowest BCUT2D eigenvalue weighted by Crippen LogP contribution is -2.34. The Bertz CT molecular complexity index is 897. The highest BCUT2D eigenvalue weighted by Gasteiger charge is 2.13. The maximum atomic E-state index is 12.1. The van der Waals surface area contributed by atoms with E-state index in [4.69, 9.17) is 30.5 Å². The number of esters is 1. The average Bonchev–Trinajstić information content (AvgIpc) is 3.19. The number of rotatable bonds is 8. The highest BCUT2D eigenvalue weighted by molar-refractivity contribution is 6.30. The number of halogens is 1. The van der Waals surface area contributed by atoms with Gasteiger partial charge in [0.1, 0.15) is 12.4 Å². The fourth-order valence-corrected chi connectivity index (χ4v) is 2.55. The van der Waals surface area contributed by atoms with Crippen molar-refractivity contribution in [2.75, 3.05) is 33.6 Å². The molecule has 0 saturated carbocycles. The van der Waals surface area contributed by atoms with Crippen LogP contribution < -0.4 is 14.2 Å². The molecule has 0 bridgehead atoms. The van der Waals surface area contributed by atoms with Crippen molar-refractivity contribution in [2.45, 2.75) is 0 Å². The average molecular weight is 418 g/mol. The Labute approximate surface area is 173 Å². The number of amides is 1. The molecule has 0 atom stereocenters. The molecule has 29 heavy (non-hydrogen) atoms. The summed E-state index contributed by atoms with van der Waals surface area (Å²) < 4.78 is 21.0. The first-order chi connectivity index (χ1) is 14.0. The minimum absolute atomic E-state index is 0.185. The fraction of sp³-hybridized carbons (Fsp3) is 0.238. The van der Waals surface area contributed by atoms with E-state index in [0.29, 0.717) is 35.4 Å². The van der Waals surface area contributed by atoms with Crippen LogP contribution in [0.4, 0.5) is 0 Å². The Morgan fingerprint density at radius 2 is 1.90 bits per heavy atom. The Morgan fingerprint density at radius 1 is 1.14 bits per heavy atom. The quantitative estimate of drug-likeness (QED) is 0.485. The van der Waals surface area contributed by atoms with Gasteiger partial charge in [-0.15, -0.1) is 0 Å². The molecule has 0 radical (unpaired) electrons. The van der Waals surface area contributed by atoms with Gasteiger partial charge in [-0.2, -0.15) is 0 Å². The maximum absolute atomic E-state index is 12.1. The third-order valence-electron chi connectivity index (χ3n) is 4.08. The number of carbonyl (C=O) groups excluding carboxylic acids is 2. The van der Waals surface area contributed by atoms with Gasteiger partial charge in [0.25, 0.3) is 5.91 Å². The number of hydrogen-bond donors (Lipinski definition) is 0. The molecule has 3 rings (SSSR count). The molecular weight excluding hydrogens is 398 g/mol. The summed E-state index contributed by atoms with van der Waals surface area (Å²) in [4.78, 5) is 25.3. The van der Waals surface area contributed by atoms with E-state index in [0.717, 1.165) is 5.56 Å². The van der Waals surface area contributed by atoms with Crippen molar-refractivity contribution in [1.82, 2.24) is 4.90 Å². The van der Waals surface area contributed by atoms with Gasteiger partial charge in [0.05, 0.1) is 6.54 Å². The lowest BCUT2D eigenvalue weighted by atomic mass is 10.2. The Morgan fingerprint density at radius 3 is 2.69 bits per heavy atom. The molecule has 0 unspecified atom stereocenters. The van der Waals surface area contributed by atoms with Crippen molar-refractivity contribution in [2.24, 2.45) is 0 Å². The molecule has 1 heterocycles. The fourth-order valence-electron chi connectivity index (χ4n) is 2.43. The predicted octanol–water partition coefficient (Wildman–Crippen LogP) is 3.16. The van der Waals surface area contributed by atoms with Crippen molar-refractivity contribution in [3.05, 3.63) is 59.1 Å². The summed E-state index contributed by atoms with van der Waals surface area (Å²) in [5.41, 5.74) is 0.758. The number of nitrogens with zero attached hydrogens (tertiary/aromatic N) is 1. The van der Waals surface area contributed by atoms with Crippen LogP contribution in [-0.2, 0) is 14.3 Å². The van der Waals surface area contributed by atoms with Crippen LogP contribution in [0.25, 0.3) is 6.08 Å². The van der Waals surface area contributed by atoms with Crippen LogP contribution in [0, 0.1) is 0 Å². The minimum atomic E-state index is -0.609. The van der Waals surface area contributed by atoms with E-state index in [1.165, 1.54) is 11.0 Å². The van der Waals surface area contributed by atoms with Crippen LogP contribution in [0.5, 0.6) is 17.2 Å². The van der Waals surface area contributed by atoms with Crippen LogP contribution in [-0.4, -0.2) is 50.4 Å².